The Labute approximate surface area is 154 Å². The molecule has 0 atom stereocenters. The molecule has 0 unspecified atom stereocenters. The molecule has 0 spiro atoms. The molecule has 0 saturated carbocycles. The summed E-state index contributed by atoms with van der Waals surface area (Å²) in [6, 6.07) is 17.7. The zero-order valence-corrected chi connectivity index (χ0v) is 15.0. The van der Waals surface area contributed by atoms with Crippen LogP contribution in [0.4, 0.5) is 0 Å². The molecule has 26 heavy (non-hydrogen) atoms. The number of amides is 1. The molecule has 0 aliphatic rings. The van der Waals surface area contributed by atoms with Crippen LogP contribution < -0.4 is 10.1 Å². The molecule has 6 heteroatoms. The molecular weight excluding hydrogens is 346 g/mol. The van der Waals surface area contributed by atoms with Crippen molar-refractivity contribution < 1.29 is 9.53 Å². The molecule has 0 aliphatic heterocycles. The van der Waals surface area contributed by atoms with Gasteiger partial charge in [-0.2, -0.15) is 0 Å². The fourth-order valence-corrected chi connectivity index (χ4v) is 3.65. The average Bonchev–Trinajstić information content (AvgIpc) is 3.26. The number of fused-ring (bicyclic) bond motifs is 1. The van der Waals surface area contributed by atoms with Crippen LogP contribution in [0.2, 0.25) is 0 Å². The van der Waals surface area contributed by atoms with E-state index in [-0.39, 0.29) is 5.91 Å². The smallest absolute Gasteiger partial charge is 0.271 e. The van der Waals surface area contributed by atoms with E-state index in [2.05, 4.69) is 10.3 Å². The highest BCUT2D eigenvalue weighted by molar-refractivity contribution is 7.20. The lowest BCUT2D eigenvalue weighted by atomic mass is 10.2. The fourth-order valence-electron chi connectivity index (χ4n) is 2.68. The van der Waals surface area contributed by atoms with Crippen LogP contribution in [0, 0.1) is 0 Å². The van der Waals surface area contributed by atoms with Crippen LogP contribution >= 0.6 is 11.3 Å². The zero-order valence-electron chi connectivity index (χ0n) is 14.2. The van der Waals surface area contributed by atoms with Crippen LogP contribution in [0.3, 0.4) is 0 Å². The standard InChI is InChI=1S/C20H17N3O2S/c1-25-16-9-5-8-15(10-16)18-13-23-12-17(22-20(23)26-18)19(24)21-11-14-6-3-2-4-7-14/h2-10,12-13H,11H2,1H3,(H,21,24). The SMILES string of the molecule is COc1cccc(-c2cn3cc(C(=O)NCc4ccccc4)nc3s2)c1. The van der Waals surface area contributed by atoms with Crippen molar-refractivity contribution in [1.29, 1.82) is 0 Å². The molecule has 0 fully saturated rings. The van der Waals surface area contributed by atoms with E-state index in [4.69, 9.17) is 4.74 Å². The largest absolute Gasteiger partial charge is 0.497 e. The highest BCUT2D eigenvalue weighted by Gasteiger charge is 2.13. The summed E-state index contributed by atoms with van der Waals surface area (Å²) in [4.78, 5) is 18.6. The number of benzene rings is 2. The Morgan fingerprint density at radius 1 is 1.15 bits per heavy atom. The number of carbonyl (C=O) groups excluding carboxylic acids is 1. The van der Waals surface area contributed by atoms with Gasteiger partial charge in [-0.3, -0.25) is 9.20 Å². The van der Waals surface area contributed by atoms with E-state index in [9.17, 15) is 4.79 Å². The number of methoxy groups -OCH3 is 1. The van der Waals surface area contributed by atoms with Crippen LogP contribution in [0.15, 0.2) is 67.0 Å². The van der Waals surface area contributed by atoms with Gasteiger partial charge in [0.25, 0.3) is 5.91 Å². The topological polar surface area (TPSA) is 55.6 Å². The summed E-state index contributed by atoms with van der Waals surface area (Å²) < 4.78 is 7.16. The predicted molar refractivity (Wildman–Crippen MR) is 103 cm³/mol. The Bertz CT molecular complexity index is 1020. The second kappa shape index (κ2) is 7.01. The first-order chi connectivity index (χ1) is 12.7. The molecule has 0 aliphatic carbocycles. The summed E-state index contributed by atoms with van der Waals surface area (Å²) in [5.74, 6) is 0.641. The monoisotopic (exact) mass is 363 g/mol. The maximum Gasteiger partial charge on any atom is 0.271 e. The van der Waals surface area contributed by atoms with E-state index in [0.717, 1.165) is 26.7 Å². The predicted octanol–water partition coefficient (Wildman–Crippen LogP) is 4.00. The number of aromatic nitrogens is 2. The van der Waals surface area contributed by atoms with Crippen molar-refractivity contribution in [3.8, 4) is 16.2 Å². The lowest BCUT2D eigenvalue weighted by molar-refractivity contribution is 0.0946. The zero-order chi connectivity index (χ0) is 17.9. The molecule has 0 bridgehead atoms. The van der Waals surface area contributed by atoms with Crippen molar-refractivity contribution in [2.75, 3.05) is 7.11 Å². The normalized spacial score (nSPS) is 10.8. The van der Waals surface area contributed by atoms with E-state index in [0.29, 0.717) is 12.2 Å². The van der Waals surface area contributed by atoms with Gasteiger partial charge in [-0.25, -0.2) is 4.98 Å². The highest BCUT2D eigenvalue weighted by Crippen LogP contribution is 2.30. The number of nitrogens with one attached hydrogen (secondary N) is 1. The molecule has 2 aromatic carbocycles. The lowest BCUT2D eigenvalue weighted by Crippen LogP contribution is -2.23. The molecule has 130 valence electrons. The van der Waals surface area contributed by atoms with Gasteiger partial charge in [0.1, 0.15) is 11.4 Å². The molecule has 1 N–H and O–H groups in total. The molecule has 1 amide bonds. The first-order valence-corrected chi connectivity index (χ1v) is 8.99. The number of ether oxygens (including phenoxy) is 1. The summed E-state index contributed by atoms with van der Waals surface area (Å²) in [6.45, 7) is 0.486. The summed E-state index contributed by atoms with van der Waals surface area (Å²) in [6.07, 6.45) is 3.74. The Hall–Kier alpha value is -3.12. The third-order valence-electron chi connectivity index (χ3n) is 4.04. The summed E-state index contributed by atoms with van der Waals surface area (Å²) in [7, 11) is 1.65. The molecule has 5 nitrogen and oxygen atoms in total. The van der Waals surface area contributed by atoms with E-state index in [1.165, 1.54) is 11.3 Å². The van der Waals surface area contributed by atoms with Gasteiger partial charge in [-0.1, -0.05) is 53.8 Å². The summed E-state index contributed by atoms with van der Waals surface area (Å²) in [5, 5.41) is 2.90. The molecular formula is C20H17N3O2S. The second-order valence-electron chi connectivity index (χ2n) is 5.81. The lowest BCUT2D eigenvalue weighted by Gasteiger charge is -2.03. The Kier molecular flexibility index (Phi) is 4.41. The van der Waals surface area contributed by atoms with Gasteiger partial charge in [0.05, 0.1) is 12.0 Å². The van der Waals surface area contributed by atoms with Gasteiger partial charge in [-0.05, 0) is 23.3 Å². The first kappa shape index (κ1) is 16.4. The van der Waals surface area contributed by atoms with Crippen molar-refractivity contribution in [2.24, 2.45) is 0 Å². The van der Waals surface area contributed by atoms with Crippen LogP contribution in [0.1, 0.15) is 16.1 Å². The third-order valence-corrected chi connectivity index (χ3v) is 5.08. The average molecular weight is 363 g/mol. The van der Waals surface area contributed by atoms with E-state index in [1.807, 2.05) is 65.2 Å². The van der Waals surface area contributed by atoms with Gasteiger partial charge < -0.3 is 10.1 Å². The third kappa shape index (κ3) is 3.32. The van der Waals surface area contributed by atoms with Crippen molar-refractivity contribution >= 4 is 22.2 Å². The molecule has 4 aromatic rings. The molecule has 2 heterocycles. The molecule has 0 saturated heterocycles. The first-order valence-electron chi connectivity index (χ1n) is 8.18. The Balaban J connectivity index is 1.51. The Morgan fingerprint density at radius 2 is 2.00 bits per heavy atom. The maximum absolute atomic E-state index is 12.3. The summed E-state index contributed by atoms with van der Waals surface area (Å²) in [5.41, 5.74) is 2.54. The number of hydrogen-bond donors (Lipinski definition) is 1. The van der Waals surface area contributed by atoms with Crippen LogP contribution in [-0.4, -0.2) is 22.4 Å². The number of carbonyl (C=O) groups is 1. The van der Waals surface area contributed by atoms with E-state index in [1.54, 1.807) is 13.3 Å². The van der Waals surface area contributed by atoms with Crippen molar-refractivity contribution in [3.63, 3.8) is 0 Å². The van der Waals surface area contributed by atoms with E-state index >= 15 is 0 Å². The van der Waals surface area contributed by atoms with E-state index < -0.39 is 0 Å². The minimum atomic E-state index is -0.173. The van der Waals surface area contributed by atoms with Gasteiger partial charge in [0.15, 0.2) is 4.96 Å². The minimum Gasteiger partial charge on any atom is -0.497 e. The number of imidazole rings is 1. The number of nitrogens with zero attached hydrogens (tertiary/aromatic N) is 2. The van der Waals surface area contributed by atoms with Crippen LogP contribution in [0.5, 0.6) is 5.75 Å². The van der Waals surface area contributed by atoms with Crippen molar-refractivity contribution in [1.82, 2.24) is 14.7 Å². The van der Waals surface area contributed by atoms with Gasteiger partial charge in [0, 0.05) is 18.9 Å². The van der Waals surface area contributed by atoms with Crippen LogP contribution in [-0.2, 0) is 6.54 Å². The van der Waals surface area contributed by atoms with Crippen molar-refractivity contribution in [3.05, 3.63) is 78.2 Å². The number of hydrogen-bond acceptors (Lipinski definition) is 4. The molecule has 2 aromatic heterocycles. The van der Waals surface area contributed by atoms with Gasteiger partial charge in [-0.15, -0.1) is 0 Å². The number of rotatable bonds is 5. The summed E-state index contributed by atoms with van der Waals surface area (Å²) >= 11 is 1.54. The quantitative estimate of drug-likeness (QED) is 0.583. The molecule has 4 rings (SSSR count). The second-order valence-corrected chi connectivity index (χ2v) is 6.82. The maximum atomic E-state index is 12.3. The minimum absolute atomic E-state index is 0.173. The number of thiazole rings is 1. The molecule has 0 radical (unpaired) electrons. The Morgan fingerprint density at radius 3 is 2.77 bits per heavy atom. The highest BCUT2D eigenvalue weighted by atomic mass is 32.1. The fraction of sp³-hybridized carbons (Fsp3) is 0.100. The van der Waals surface area contributed by atoms with Gasteiger partial charge >= 0.3 is 0 Å². The van der Waals surface area contributed by atoms with Crippen molar-refractivity contribution in [2.45, 2.75) is 6.54 Å². The van der Waals surface area contributed by atoms with Gasteiger partial charge in [0.2, 0.25) is 0 Å². The van der Waals surface area contributed by atoms with Crippen LogP contribution in [0.25, 0.3) is 15.4 Å².